The molecule has 3 nitrogen and oxygen atoms in total. The van der Waals surface area contributed by atoms with Gasteiger partial charge in [0.1, 0.15) is 12.4 Å². The Morgan fingerprint density at radius 1 is 1.41 bits per heavy atom. The predicted molar refractivity (Wildman–Crippen MR) is 71.9 cm³/mol. The molecular weight excluding hydrogens is 280 g/mol. The molecule has 0 saturated carbocycles. The maximum absolute atomic E-state index is 5.92. The van der Waals surface area contributed by atoms with Gasteiger partial charge in [0.05, 0.1) is 5.69 Å². The highest BCUT2D eigenvalue weighted by Gasteiger charge is 2.06. The first-order valence-corrected chi connectivity index (χ1v) is 6.03. The van der Waals surface area contributed by atoms with Crippen LogP contribution in [0.2, 0.25) is 0 Å². The number of nitrogens with zero attached hydrogens (tertiary/aromatic N) is 1. The number of nitrogen functional groups attached to an aromatic ring is 1. The number of halogens is 1. The third-order valence-electron chi connectivity index (χ3n) is 2.37. The molecule has 1 aromatic carbocycles. The van der Waals surface area contributed by atoms with Gasteiger partial charge in [0.15, 0.2) is 0 Å². The highest BCUT2D eigenvalue weighted by molar-refractivity contribution is 9.10. The van der Waals surface area contributed by atoms with Crippen molar-refractivity contribution in [1.29, 1.82) is 0 Å². The number of aromatic nitrogens is 1. The van der Waals surface area contributed by atoms with Crippen molar-refractivity contribution in [3.05, 3.63) is 52.3 Å². The summed E-state index contributed by atoms with van der Waals surface area (Å²) in [5, 5.41) is 0. The Labute approximate surface area is 109 Å². The van der Waals surface area contributed by atoms with Crippen LogP contribution in [0.4, 0.5) is 5.69 Å². The first-order valence-electron chi connectivity index (χ1n) is 5.24. The minimum atomic E-state index is 0.473. The number of anilines is 1. The summed E-state index contributed by atoms with van der Waals surface area (Å²) in [6.07, 6.45) is 3.52. The fraction of sp³-hybridized carbons (Fsp3) is 0.154. The summed E-state index contributed by atoms with van der Waals surface area (Å²) in [4.78, 5) is 4.04. The van der Waals surface area contributed by atoms with Crippen LogP contribution in [0.1, 0.15) is 11.1 Å². The molecule has 4 heteroatoms. The van der Waals surface area contributed by atoms with Gasteiger partial charge < -0.3 is 10.5 Å². The first-order chi connectivity index (χ1) is 8.16. The lowest BCUT2D eigenvalue weighted by molar-refractivity contribution is 0.305. The van der Waals surface area contributed by atoms with Gasteiger partial charge in [0.25, 0.3) is 0 Å². The van der Waals surface area contributed by atoms with Crippen molar-refractivity contribution in [3.8, 4) is 5.75 Å². The van der Waals surface area contributed by atoms with E-state index in [9.17, 15) is 0 Å². The molecule has 0 spiro atoms. The lowest BCUT2D eigenvalue weighted by Gasteiger charge is -2.12. The van der Waals surface area contributed by atoms with Gasteiger partial charge in [-0.05, 0) is 30.7 Å². The Balaban J connectivity index is 2.15. The van der Waals surface area contributed by atoms with E-state index in [1.807, 2.05) is 31.2 Å². The smallest absolute Gasteiger partial charge is 0.145 e. The largest absolute Gasteiger partial charge is 0.486 e. The van der Waals surface area contributed by atoms with E-state index in [2.05, 4.69) is 20.9 Å². The zero-order valence-corrected chi connectivity index (χ0v) is 11.1. The summed E-state index contributed by atoms with van der Waals surface area (Å²) in [5.74, 6) is 0.733. The minimum absolute atomic E-state index is 0.473. The van der Waals surface area contributed by atoms with Crippen molar-refractivity contribution >= 4 is 21.6 Å². The van der Waals surface area contributed by atoms with E-state index in [4.69, 9.17) is 10.5 Å². The van der Waals surface area contributed by atoms with Crippen molar-refractivity contribution in [1.82, 2.24) is 4.98 Å². The van der Waals surface area contributed by atoms with E-state index in [1.165, 1.54) is 0 Å². The van der Waals surface area contributed by atoms with Crippen molar-refractivity contribution in [3.63, 3.8) is 0 Å². The Hall–Kier alpha value is -1.55. The number of hydrogen-bond donors (Lipinski definition) is 1. The van der Waals surface area contributed by atoms with Gasteiger partial charge in [-0.25, -0.2) is 0 Å². The molecule has 0 saturated heterocycles. The van der Waals surface area contributed by atoms with E-state index >= 15 is 0 Å². The first kappa shape index (κ1) is 11.9. The van der Waals surface area contributed by atoms with E-state index in [1.54, 1.807) is 12.4 Å². The molecule has 0 aliphatic rings. The Bertz CT molecular complexity index is 491. The van der Waals surface area contributed by atoms with Crippen LogP contribution < -0.4 is 10.5 Å². The maximum Gasteiger partial charge on any atom is 0.145 e. The highest BCUT2D eigenvalue weighted by Crippen LogP contribution is 2.30. The Morgan fingerprint density at radius 3 is 2.88 bits per heavy atom. The van der Waals surface area contributed by atoms with Gasteiger partial charge in [0.2, 0.25) is 0 Å². The fourth-order valence-corrected chi connectivity index (χ4v) is 2.18. The molecule has 0 radical (unpaired) electrons. The van der Waals surface area contributed by atoms with Gasteiger partial charge in [0, 0.05) is 22.4 Å². The standard InChI is InChI=1S/C13H13BrN2O/c1-9-5-11(14)6-12(15)13(9)17-8-10-3-2-4-16-7-10/h2-7H,8,15H2,1H3. The molecule has 1 aromatic heterocycles. The molecule has 2 aromatic rings. The van der Waals surface area contributed by atoms with E-state index in [0.717, 1.165) is 21.3 Å². The number of nitrogens with two attached hydrogens (primary N) is 1. The molecule has 0 aliphatic heterocycles. The molecule has 0 unspecified atom stereocenters. The normalized spacial score (nSPS) is 10.2. The number of pyridine rings is 1. The number of ether oxygens (including phenoxy) is 1. The number of rotatable bonds is 3. The summed E-state index contributed by atoms with van der Waals surface area (Å²) < 4.78 is 6.68. The van der Waals surface area contributed by atoms with Crippen molar-refractivity contribution in [2.45, 2.75) is 13.5 Å². The van der Waals surface area contributed by atoms with Crippen LogP contribution in [0.5, 0.6) is 5.75 Å². The molecule has 0 atom stereocenters. The molecule has 88 valence electrons. The average Bonchev–Trinajstić information content (AvgIpc) is 2.29. The maximum atomic E-state index is 5.92. The summed E-state index contributed by atoms with van der Waals surface area (Å²) in [5.41, 5.74) is 8.59. The van der Waals surface area contributed by atoms with Crippen molar-refractivity contribution in [2.24, 2.45) is 0 Å². The van der Waals surface area contributed by atoms with Crippen LogP contribution in [0.3, 0.4) is 0 Å². The predicted octanol–water partition coefficient (Wildman–Crippen LogP) is 3.31. The zero-order valence-electron chi connectivity index (χ0n) is 9.48. The third-order valence-corrected chi connectivity index (χ3v) is 2.83. The van der Waals surface area contributed by atoms with Crippen LogP contribution in [-0.2, 0) is 6.61 Å². The molecule has 0 amide bonds. The molecule has 2 N–H and O–H groups in total. The third kappa shape index (κ3) is 2.97. The van der Waals surface area contributed by atoms with E-state index in [-0.39, 0.29) is 0 Å². The fourth-order valence-electron chi connectivity index (χ4n) is 1.59. The number of benzene rings is 1. The lowest BCUT2D eigenvalue weighted by atomic mass is 10.2. The second kappa shape index (κ2) is 5.19. The van der Waals surface area contributed by atoms with Crippen molar-refractivity contribution in [2.75, 3.05) is 5.73 Å². The topological polar surface area (TPSA) is 48.1 Å². The quantitative estimate of drug-likeness (QED) is 0.883. The summed E-state index contributed by atoms with van der Waals surface area (Å²) in [6, 6.07) is 7.67. The van der Waals surface area contributed by atoms with E-state index in [0.29, 0.717) is 12.3 Å². The molecular formula is C13H13BrN2O. The Kier molecular flexibility index (Phi) is 3.64. The summed E-state index contributed by atoms with van der Waals surface area (Å²) >= 11 is 3.40. The molecule has 2 rings (SSSR count). The van der Waals surface area contributed by atoms with Gasteiger partial charge in [-0.1, -0.05) is 22.0 Å². The molecule has 1 heterocycles. The van der Waals surface area contributed by atoms with Crippen LogP contribution in [0.25, 0.3) is 0 Å². The molecule has 17 heavy (non-hydrogen) atoms. The van der Waals surface area contributed by atoms with Gasteiger partial charge in [-0.15, -0.1) is 0 Å². The van der Waals surface area contributed by atoms with Crippen LogP contribution in [0.15, 0.2) is 41.1 Å². The molecule has 0 aliphatic carbocycles. The minimum Gasteiger partial charge on any atom is -0.486 e. The van der Waals surface area contributed by atoms with Crippen molar-refractivity contribution < 1.29 is 4.74 Å². The monoisotopic (exact) mass is 292 g/mol. The molecule has 0 fully saturated rings. The van der Waals surface area contributed by atoms with E-state index < -0.39 is 0 Å². The van der Waals surface area contributed by atoms with Gasteiger partial charge in [-0.2, -0.15) is 0 Å². The van der Waals surface area contributed by atoms with Crippen LogP contribution in [0, 0.1) is 6.92 Å². The van der Waals surface area contributed by atoms with Gasteiger partial charge in [-0.3, -0.25) is 4.98 Å². The summed E-state index contributed by atoms with van der Waals surface area (Å²) in [6.45, 7) is 2.44. The summed E-state index contributed by atoms with van der Waals surface area (Å²) in [7, 11) is 0. The lowest BCUT2D eigenvalue weighted by Crippen LogP contribution is -2.01. The second-order valence-electron chi connectivity index (χ2n) is 3.79. The molecule has 0 bridgehead atoms. The van der Waals surface area contributed by atoms with Crippen LogP contribution in [-0.4, -0.2) is 4.98 Å². The highest BCUT2D eigenvalue weighted by atomic mass is 79.9. The van der Waals surface area contributed by atoms with Crippen LogP contribution >= 0.6 is 15.9 Å². The second-order valence-corrected chi connectivity index (χ2v) is 4.71. The van der Waals surface area contributed by atoms with Gasteiger partial charge >= 0.3 is 0 Å². The average molecular weight is 293 g/mol. The Morgan fingerprint density at radius 2 is 2.24 bits per heavy atom. The SMILES string of the molecule is Cc1cc(Br)cc(N)c1OCc1cccnc1. The number of aryl methyl sites for hydroxylation is 1. The number of hydrogen-bond acceptors (Lipinski definition) is 3. The zero-order chi connectivity index (χ0) is 12.3.